The molecule has 0 saturated carbocycles. The molecule has 0 spiro atoms. The maximum absolute atomic E-state index is 11.7. The number of carboxylic acids is 1. The number of thiophene rings is 1. The van der Waals surface area contributed by atoms with Crippen molar-refractivity contribution in [1.82, 2.24) is 9.59 Å². The van der Waals surface area contributed by atoms with E-state index in [9.17, 15) is 9.59 Å². The molecular weight excluding hydrogens is 260 g/mol. The van der Waals surface area contributed by atoms with Gasteiger partial charge in [-0.3, -0.25) is 4.79 Å². The Labute approximate surface area is 104 Å². The molecule has 0 saturated heterocycles. The minimum absolute atomic E-state index is 0.150. The lowest BCUT2D eigenvalue weighted by molar-refractivity contribution is 0.0702. The van der Waals surface area contributed by atoms with Crippen LogP contribution in [0.5, 0.6) is 0 Å². The molecule has 2 aromatic rings. The van der Waals surface area contributed by atoms with Crippen LogP contribution in [-0.4, -0.2) is 26.4 Å². The Morgan fingerprint density at radius 3 is 2.76 bits per heavy atom. The highest BCUT2D eigenvalue weighted by atomic mass is 32.1. The molecule has 86 valence electrons. The molecule has 0 amide bonds. The highest BCUT2D eigenvalue weighted by Crippen LogP contribution is 2.15. The molecule has 0 fully saturated rings. The summed E-state index contributed by atoms with van der Waals surface area (Å²) in [6.07, 6.45) is 2.90. The van der Waals surface area contributed by atoms with Crippen molar-refractivity contribution in [2.24, 2.45) is 0 Å². The van der Waals surface area contributed by atoms with Gasteiger partial charge in [-0.15, -0.1) is 16.4 Å². The molecule has 0 aliphatic rings. The summed E-state index contributed by atoms with van der Waals surface area (Å²) in [7, 11) is 0. The van der Waals surface area contributed by atoms with Crippen LogP contribution in [0.4, 0.5) is 0 Å². The third-order valence-corrected chi connectivity index (χ3v) is 3.32. The molecule has 2 rings (SSSR count). The SMILES string of the molecule is O=C(C=Cc1csnn1)c1csc(C(=O)O)c1. The smallest absolute Gasteiger partial charge is 0.345 e. The van der Waals surface area contributed by atoms with Gasteiger partial charge in [0.2, 0.25) is 0 Å². The van der Waals surface area contributed by atoms with Crippen molar-refractivity contribution >= 4 is 40.7 Å². The van der Waals surface area contributed by atoms with E-state index in [2.05, 4.69) is 9.59 Å². The van der Waals surface area contributed by atoms with Gasteiger partial charge in [0.05, 0.1) is 5.69 Å². The third-order valence-electron chi connectivity index (χ3n) is 1.88. The summed E-state index contributed by atoms with van der Waals surface area (Å²) in [5.74, 6) is -1.27. The number of nitrogens with zero attached hydrogens (tertiary/aromatic N) is 2. The Balaban J connectivity index is 2.12. The number of ketones is 1. The number of rotatable bonds is 4. The molecule has 5 nitrogen and oxygen atoms in total. The van der Waals surface area contributed by atoms with Crippen LogP contribution in [0.25, 0.3) is 6.08 Å². The molecule has 7 heteroatoms. The molecular formula is C10H6N2O3S2. The highest BCUT2D eigenvalue weighted by Gasteiger charge is 2.10. The molecule has 0 atom stereocenters. The standard InChI is InChI=1S/C10H6N2O3S2/c13-8(2-1-7-5-17-12-11-7)6-3-9(10(14)15)16-4-6/h1-5H,(H,14,15). The van der Waals surface area contributed by atoms with Gasteiger partial charge in [0.15, 0.2) is 5.78 Å². The fourth-order valence-corrected chi connectivity index (χ4v) is 2.24. The van der Waals surface area contributed by atoms with E-state index < -0.39 is 5.97 Å². The van der Waals surface area contributed by atoms with Gasteiger partial charge >= 0.3 is 5.97 Å². The summed E-state index contributed by atoms with van der Waals surface area (Å²) in [5, 5.41) is 15.7. The lowest BCUT2D eigenvalue weighted by atomic mass is 10.2. The van der Waals surface area contributed by atoms with Crippen molar-refractivity contribution in [2.45, 2.75) is 0 Å². The maximum Gasteiger partial charge on any atom is 0.345 e. The second-order valence-corrected chi connectivity index (χ2v) is 4.55. The Bertz CT molecular complexity index is 572. The summed E-state index contributed by atoms with van der Waals surface area (Å²) < 4.78 is 3.65. The van der Waals surface area contributed by atoms with E-state index in [-0.39, 0.29) is 10.7 Å². The van der Waals surface area contributed by atoms with Crippen molar-refractivity contribution < 1.29 is 14.7 Å². The first kappa shape index (κ1) is 11.6. The van der Waals surface area contributed by atoms with E-state index in [0.717, 1.165) is 11.3 Å². The fourth-order valence-electron chi connectivity index (χ4n) is 1.08. The van der Waals surface area contributed by atoms with Gasteiger partial charge in [-0.2, -0.15) is 0 Å². The van der Waals surface area contributed by atoms with Crippen molar-refractivity contribution in [1.29, 1.82) is 0 Å². The topological polar surface area (TPSA) is 80.2 Å². The van der Waals surface area contributed by atoms with Gasteiger partial charge in [-0.1, -0.05) is 4.49 Å². The quantitative estimate of drug-likeness (QED) is 0.677. The number of hydrogen-bond acceptors (Lipinski definition) is 6. The number of aromatic carboxylic acids is 1. The largest absolute Gasteiger partial charge is 0.477 e. The number of aromatic nitrogens is 2. The van der Waals surface area contributed by atoms with Gasteiger partial charge in [-0.25, -0.2) is 4.79 Å². The van der Waals surface area contributed by atoms with Gasteiger partial charge < -0.3 is 5.11 Å². The summed E-state index contributed by atoms with van der Waals surface area (Å²) in [5.41, 5.74) is 0.976. The van der Waals surface area contributed by atoms with Crippen LogP contribution in [-0.2, 0) is 0 Å². The highest BCUT2D eigenvalue weighted by molar-refractivity contribution is 7.12. The monoisotopic (exact) mass is 266 g/mol. The lowest BCUT2D eigenvalue weighted by Gasteiger charge is -1.87. The average Bonchev–Trinajstić information content (AvgIpc) is 2.96. The van der Waals surface area contributed by atoms with Gasteiger partial charge in [0.25, 0.3) is 0 Å². The number of carbonyl (C=O) groups is 2. The van der Waals surface area contributed by atoms with Crippen molar-refractivity contribution in [2.75, 3.05) is 0 Å². The van der Waals surface area contributed by atoms with Crippen LogP contribution in [0, 0.1) is 0 Å². The van der Waals surface area contributed by atoms with Crippen molar-refractivity contribution in [3.8, 4) is 0 Å². The van der Waals surface area contributed by atoms with E-state index in [1.54, 1.807) is 11.5 Å². The molecule has 0 aliphatic carbocycles. The first-order valence-corrected chi connectivity index (χ1v) is 6.20. The minimum Gasteiger partial charge on any atom is -0.477 e. The van der Waals surface area contributed by atoms with Gasteiger partial charge in [0, 0.05) is 16.3 Å². The Kier molecular flexibility index (Phi) is 3.40. The van der Waals surface area contributed by atoms with Crippen molar-refractivity contribution in [3.63, 3.8) is 0 Å². The van der Waals surface area contributed by atoms with Crippen LogP contribution >= 0.6 is 22.9 Å². The Hall–Kier alpha value is -1.86. The zero-order chi connectivity index (χ0) is 12.3. The second-order valence-electron chi connectivity index (χ2n) is 3.03. The fraction of sp³-hybridized carbons (Fsp3) is 0. The molecule has 0 unspecified atom stereocenters. The first-order chi connectivity index (χ1) is 8.16. The number of hydrogen-bond donors (Lipinski definition) is 1. The lowest BCUT2D eigenvalue weighted by Crippen LogP contribution is -1.93. The Morgan fingerprint density at radius 2 is 2.18 bits per heavy atom. The number of allylic oxidation sites excluding steroid dienone is 1. The zero-order valence-electron chi connectivity index (χ0n) is 8.36. The normalized spacial score (nSPS) is 10.8. The third kappa shape index (κ3) is 2.83. The zero-order valence-corrected chi connectivity index (χ0v) is 9.99. The number of carbonyl (C=O) groups excluding carboxylic acids is 1. The van der Waals surface area contributed by atoms with E-state index in [1.807, 2.05) is 0 Å². The van der Waals surface area contributed by atoms with E-state index in [1.165, 1.54) is 29.1 Å². The van der Waals surface area contributed by atoms with Crippen molar-refractivity contribution in [3.05, 3.63) is 39.0 Å². The van der Waals surface area contributed by atoms with Gasteiger partial charge in [-0.05, 0) is 29.8 Å². The molecule has 0 aromatic carbocycles. The van der Waals surface area contributed by atoms with E-state index >= 15 is 0 Å². The molecule has 0 aliphatic heterocycles. The van der Waals surface area contributed by atoms with Crippen LogP contribution in [0.1, 0.15) is 25.7 Å². The summed E-state index contributed by atoms with van der Waals surface area (Å²) in [4.78, 5) is 22.5. The van der Waals surface area contributed by atoms with Crippen LogP contribution in [0.2, 0.25) is 0 Å². The summed E-state index contributed by atoms with van der Waals surface area (Å²) in [6, 6.07) is 1.36. The van der Waals surface area contributed by atoms with Crippen LogP contribution < -0.4 is 0 Å². The second kappa shape index (κ2) is 4.98. The molecule has 2 heterocycles. The molecule has 2 aromatic heterocycles. The summed E-state index contributed by atoms with van der Waals surface area (Å²) in [6.45, 7) is 0. The predicted octanol–water partition coefficient (Wildman–Crippen LogP) is 2.19. The van der Waals surface area contributed by atoms with E-state index in [0.29, 0.717) is 11.3 Å². The Morgan fingerprint density at radius 1 is 1.35 bits per heavy atom. The predicted molar refractivity (Wildman–Crippen MR) is 64.6 cm³/mol. The first-order valence-electron chi connectivity index (χ1n) is 4.48. The van der Waals surface area contributed by atoms with Crippen LogP contribution in [0.3, 0.4) is 0 Å². The summed E-state index contributed by atoms with van der Waals surface area (Å²) >= 11 is 2.22. The molecule has 17 heavy (non-hydrogen) atoms. The minimum atomic E-state index is -1.03. The van der Waals surface area contributed by atoms with E-state index in [4.69, 9.17) is 5.11 Å². The maximum atomic E-state index is 11.7. The average molecular weight is 266 g/mol. The van der Waals surface area contributed by atoms with Crippen LogP contribution in [0.15, 0.2) is 22.9 Å². The van der Waals surface area contributed by atoms with Gasteiger partial charge in [0.1, 0.15) is 4.88 Å². The molecule has 1 N–H and O–H groups in total. The molecule has 0 radical (unpaired) electrons. The number of carboxylic acid groups (broad SMARTS) is 1. The molecule has 0 bridgehead atoms.